The van der Waals surface area contributed by atoms with Crippen molar-refractivity contribution in [2.75, 3.05) is 19.0 Å². The van der Waals surface area contributed by atoms with E-state index in [4.69, 9.17) is 4.74 Å². The molecular weight excluding hydrogens is 360 g/mol. The van der Waals surface area contributed by atoms with Crippen LogP contribution in [0.25, 0.3) is 11.3 Å². The van der Waals surface area contributed by atoms with Crippen molar-refractivity contribution in [2.24, 2.45) is 0 Å². The van der Waals surface area contributed by atoms with E-state index in [9.17, 15) is 9.59 Å². The Morgan fingerprint density at radius 3 is 2.68 bits per heavy atom. The lowest BCUT2D eigenvalue weighted by atomic mass is 10.2. The maximum absolute atomic E-state index is 11.9. The van der Waals surface area contributed by atoms with Crippen LogP contribution in [0.15, 0.2) is 41.4 Å². The molecule has 2 heterocycles. The number of nitrogens with one attached hydrogen (secondary N) is 2. The number of carbonyl (C=O) groups is 2. The number of nitrogens with zero attached hydrogens (tertiary/aromatic N) is 2. The molecule has 3 aromatic rings. The lowest BCUT2D eigenvalue weighted by molar-refractivity contribution is -0.115. The van der Waals surface area contributed by atoms with Crippen LogP contribution in [0.3, 0.4) is 0 Å². The third-order valence-electron chi connectivity index (χ3n) is 3.20. The number of carbonyl (C=O) groups excluding carboxylic acids is 2. The minimum atomic E-state index is -0.339. The molecule has 0 saturated heterocycles. The number of rotatable bonds is 6. The van der Waals surface area contributed by atoms with Crippen molar-refractivity contribution in [3.63, 3.8) is 0 Å². The summed E-state index contributed by atoms with van der Waals surface area (Å²) in [6.07, 6.45) is 1.46. The second-order valence-electron chi connectivity index (χ2n) is 4.86. The van der Waals surface area contributed by atoms with Crippen molar-refractivity contribution in [1.82, 2.24) is 15.3 Å². The van der Waals surface area contributed by atoms with Gasteiger partial charge in [0.1, 0.15) is 10.6 Å². The molecule has 0 aliphatic carbocycles. The summed E-state index contributed by atoms with van der Waals surface area (Å²) in [5, 5.41) is 7.54. The van der Waals surface area contributed by atoms with Crippen molar-refractivity contribution in [3.05, 3.63) is 46.2 Å². The number of hydrogen-bond donors (Lipinski definition) is 2. The van der Waals surface area contributed by atoms with Crippen molar-refractivity contribution in [3.8, 4) is 17.0 Å². The Bertz CT molecular complexity index is 860. The molecule has 0 aliphatic heterocycles. The van der Waals surface area contributed by atoms with Gasteiger partial charge < -0.3 is 15.4 Å². The van der Waals surface area contributed by atoms with E-state index in [1.54, 1.807) is 12.6 Å². The van der Waals surface area contributed by atoms with Crippen molar-refractivity contribution < 1.29 is 14.3 Å². The molecule has 128 valence electrons. The molecule has 7 nitrogen and oxygen atoms in total. The predicted octanol–water partition coefficient (Wildman–Crippen LogP) is 2.64. The van der Waals surface area contributed by atoms with Crippen LogP contribution >= 0.6 is 22.7 Å². The van der Waals surface area contributed by atoms with Gasteiger partial charge in [0.2, 0.25) is 5.91 Å². The molecule has 2 aromatic heterocycles. The Balaban J connectivity index is 1.55. The topological polar surface area (TPSA) is 93.2 Å². The maximum atomic E-state index is 11.9. The molecule has 9 heteroatoms. The van der Waals surface area contributed by atoms with Crippen LogP contribution in [0.2, 0.25) is 0 Å². The van der Waals surface area contributed by atoms with Gasteiger partial charge in [0.25, 0.3) is 5.91 Å². The quantitative estimate of drug-likeness (QED) is 0.692. The molecule has 25 heavy (non-hydrogen) atoms. The lowest BCUT2D eigenvalue weighted by Crippen LogP contribution is -2.32. The fraction of sp³-hybridized carbons (Fsp3) is 0.125. The summed E-state index contributed by atoms with van der Waals surface area (Å²) in [5.74, 6) is 0.105. The molecule has 0 bridgehead atoms. The summed E-state index contributed by atoms with van der Waals surface area (Å²) >= 11 is 2.54. The summed E-state index contributed by atoms with van der Waals surface area (Å²) in [7, 11) is 1.61. The number of aromatic nitrogens is 2. The molecule has 1 aromatic carbocycles. The van der Waals surface area contributed by atoms with Crippen molar-refractivity contribution in [1.29, 1.82) is 0 Å². The highest BCUT2D eigenvalue weighted by atomic mass is 32.1. The molecular formula is C16H14N4O3S2. The van der Waals surface area contributed by atoms with E-state index >= 15 is 0 Å². The van der Waals surface area contributed by atoms with Gasteiger partial charge in [-0.1, -0.05) is 0 Å². The minimum absolute atomic E-state index is 0.131. The van der Waals surface area contributed by atoms with Gasteiger partial charge in [-0.3, -0.25) is 14.6 Å². The zero-order chi connectivity index (χ0) is 17.6. The molecule has 0 fully saturated rings. The second kappa shape index (κ2) is 7.86. The zero-order valence-corrected chi connectivity index (χ0v) is 14.8. The summed E-state index contributed by atoms with van der Waals surface area (Å²) in [4.78, 5) is 32.3. The van der Waals surface area contributed by atoms with Gasteiger partial charge in [-0.2, -0.15) is 0 Å². The second-order valence-corrected chi connectivity index (χ2v) is 6.61. The highest BCUT2D eigenvalue weighted by molar-refractivity contribution is 7.14. The number of methoxy groups -OCH3 is 1. The monoisotopic (exact) mass is 374 g/mol. The van der Waals surface area contributed by atoms with Crippen LogP contribution in [0.1, 0.15) is 9.67 Å². The molecule has 0 unspecified atom stereocenters. The van der Waals surface area contributed by atoms with E-state index in [2.05, 4.69) is 20.6 Å². The summed E-state index contributed by atoms with van der Waals surface area (Å²) < 4.78 is 5.12. The first-order valence-corrected chi connectivity index (χ1v) is 8.98. The fourth-order valence-corrected chi connectivity index (χ4v) is 3.24. The van der Waals surface area contributed by atoms with Gasteiger partial charge >= 0.3 is 0 Å². The lowest BCUT2D eigenvalue weighted by Gasteiger charge is -2.03. The average molecular weight is 374 g/mol. The largest absolute Gasteiger partial charge is 0.497 e. The van der Waals surface area contributed by atoms with Crippen LogP contribution < -0.4 is 15.4 Å². The van der Waals surface area contributed by atoms with Crippen molar-refractivity contribution in [2.45, 2.75) is 0 Å². The Kier molecular flexibility index (Phi) is 5.36. The number of anilines is 1. The van der Waals surface area contributed by atoms with E-state index < -0.39 is 0 Å². The Labute approximate surface area is 151 Å². The zero-order valence-electron chi connectivity index (χ0n) is 13.2. The van der Waals surface area contributed by atoms with Gasteiger partial charge in [0.05, 0.1) is 31.1 Å². The maximum Gasteiger partial charge on any atom is 0.263 e. The number of hydrogen-bond acceptors (Lipinski definition) is 7. The standard InChI is InChI=1S/C16H14N4O3S2/c1-23-11-4-2-10(3-5-11)12-8-24-16(19-12)20-14(21)7-18-15(22)13-6-17-9-25-13/h2-6,8-9H,7H2,1H3,(H,18,22)(H,19,20,21). The third kappa shape index (κ3) is 4.40. The van der Waals surface area contributed by atoms with Gasteiger partial charge in [-0.25, -0.2) is 4.98 Å². The van der Waals surface area contributed by atoms with E-state index in [1.165, 1.54) is 28.9 Å². The highest BCUT2D eigenvalue weighted by Gasteiger charge is 2.11. The summed E-state index contributed by atoms with van der Waals surface area (Å²) in [6, 6.07) is 7.49. The average Bonchev–Trinajstić information content (AvgIpc) is 3.32. The molecule has 0 saturated carbocycles. The van der Waals surface area contributed by atoms with Crippen LogP contribution in [-0.2, 0) is 4.79 Å². The van der Waals surface area contributed by atoms with Gasteiger partial charge in [0, 0.05) is 10.9 Å². The Hall–Kier alpha value is -2.78. The van der Waals surface area contributed by atoms with E-state index in [-0.39, 0.29) is 18.4 Å². The summed E-state index contributed by atoms with van der Waals surface area (Å²) in [5.41, 5.74) is 3.25. The highest BCUT2D eigenvalue weighted by Crippen LogP contribution is 2.26. The third-order valence-corrected chi connectivity index (χ3v) is 4.73. The van der Waals surface area contributed by atoms with Gasteiger partial charge in [-0.05, 0) is 24.3 Å². The van der Waals surface area contributed by atoms with Crippen LogP contribution in [0.5, 0.6) is 5.75 Å². The van der Waals surface area contributed by atoms with Crippen LogP contribution in [0, 0.1) is 0 Å². The molecule has 0 radical (unpaired) electrons. The first-order valence-electron chi connectivity index (χ1n) is 7.22. The molecule has 2 amide bonds. The molecule has 0 aliphatic rings. The van der Waals surface area contributed by atoms with E-state index in [0.717, 1.165) is 17.0 Å². The van der Waals surface area contributed by atoms with Crippen molar-refractivity contribution >= 4 is 39.6 Å². The molecule has 0 atom stereocenters. The number of thiazole rings is 2. The predicted molar refractivity (Wildman–Crippen MR) is 97.2 cm³/mol. The van der Waals surface area contributed by atoms with Crippen LogP contribution in [0.4, 0.5) is 5.13 Å². The van der Waals surface area contributed by atoms with Gasteiger partial charge in [0.15, 0.2) is 5.13 Å². The SMILES string of the molecule is COc1ccc(-c2csc(NC(=O)CNC(=O)c3cncs3)n2)cc1. The first-order chi connectivity index (χ1) is 12.2. The Morgan fingerprint density at radius 1 is 1.20 bits per heavy atom. The smallest absolute Gasteiger partial charge is 0.263 e. The Morgan fingerprint density at radius 2 is 2.00 bits per heavy atom. The molecule has 3 rings (SSSR count). The normalized spacial score (nSPS) is 10.3. The number of amides is 2. The van der Waals surface area contributed by atoms with Gasteiger partial charge in [-0.15, -0.1) is 22.7 Å². The molecule has 0 spiro atoms. The minimum Gasteiger partial charge on any atom is -0.497 e. The number of ether oxygens (including phenoxy) is 1. The fourth-order valence-electron chi connectivity index (χ4n) is 1.96. The molecule has 2 N–H and O–H groups in total. The summed E-state index contributed by atoms with van der Waals surface area (Å²) in [6.45, 7) is -0.131. The first kappa shape index (κ1) is 17.1. The number of benzene rings is 1. The van der Waals surface area contributed by atoms with Crippen LogP contribution in [-0.4, -0.2) is 35.4 Å². The van der Waals surface area contributed by atoms with E-state index in [0.29, 0.717) is 10.0 Å². The van der Waals surface area contributed by atoms with E-state index in [1.807, 2.05) is 29.6 Å².